The summed E-state index contributed by atoms with van der Waals surface area (Å²) >= 11 is 5.73. The fourth-order valence-corrected chi connectivity index (χ4v) is 1.04. The highest BCUT2D eigenvalue weighted by molar-refractivity contribution is 6.30. The van der Waals surface area contributed by atoms with E-state index in [1.807, 2.05) is 24.3 Å². The standard InChI is InChI=1S/C9H13ClN2O/c10-9-3-1-8(2-4-9)7-12-11-5-6-13/h1-4,11-13H,5-7H2. The Hall–Kier alpha value is -0.610. The zero-order chi connectivity index (χ0) is 9.52. The third-order valence-corrected chi connectivity index (χ3v) is 1.82. The molecule has 0 aliphatic rings. The van der Waals surface area contributed by atoms with Crippen molar-refractivity contribution in [3.8, 4) is 0 Å². The highest BCUT2D eigenvalue weighted by atomic mass is 35.5. The lowest BCUT2D eigenvalue weighted by Crippen LogP contribution is -2.33. The Labute approximate surface area is 82.7 Å². The van der Waals surface area contributed by atoms with E-state index in [-0.39, 0.29) is 6.61 Å². The van der Waals surface area contributed by atoms with Gasteiger partial charge in [0, 0.05) is 18.1 Å². The maximum atomic E-state index is 8.48. The van der Waals surface area contributed by atoms with Crippen LogP contribution in [0.25, 0.3) is 0 Å². The van der Waals surface area contributed by atoms with Crippen molar-refractivity contribution < 1.29 is 5.11 Å². The molecule has 0 unspecified atom stereocenters. The van der Waals surface area contributed by atoms with Crippen LogP contribution in [0.15, 0.2) is 24.3 Å². The Bertz CT molecular complexity index is 238. The van der Waals surface area contributed by atoms with Gasteiger partial charge in [0.1, 0.15) is 0 Å². The van der Waals surface area contributed by atoms with Crippen LogP contribution in [-0.4, -0.2) is 18.3 Å². The summed E-state index contributed by atoms with van der Waals surface area (Å²) in [5, 5.41) is 9.22. The Morgan fingerprint density at radius 2 is 1.85 bits per heavy atom. The topological polar surface area (TPSA) is 44.3 Å². The smallest absolute Gasteiger partial charge is 0.0569 e. The first-order valence-corrected chi connectivity index (χ1v) is 4.52. The number of nitrogens with one attached hydrogen (secondary N) is 2. The van der Waals surface area contributed by atoms with Crippen LogP contribution in [0.3, 0.4) is 0 Å². The number of aliphatic hydroxyl groups is 1. The van der Waals surface area contributed by atoms with E-state index in [1.54, 1.807) is 0 Å². The van der Waals surface area contributed by atoms with Gasteiger partial charge in [-0.1, -0.05) is 23.7 Å². The first-order valence-electron chi connectivity index (χ1n) is 4.14. The number of hydrazine groups is 1. The van der Waals surface area contributed by atoms with Gasteiger partial charge in [0.15, 0.2) is 0 Å². The van der Waals surface area contributed by atoms with Crippen LogP contribution in [0, 0.1) is 0 Å². The van der Waals surface area contributed by atoms with Crippen molar-refractivity contribution >= 4 is 11.6 Å². The minimum absolute atomic E-state index is 0.133. The minimum atomic E-state index is 0.133. The molecule has 1 rings (SSSR count). The molecule has 0 bridgehead atoms. The van der Waals surface area contributed by atoms with Crippen LogP contribution in [-0.2, 0) is 6.54 Å². The van der Waals surface area contributed by atoms with E-state index in [0.717, 1.165) is 17.1 Å². The molecule has 0 amide bonds. The van der Waals surface area contributed by atoms with Gasteiger partial charge in [-0.15, -0.1) is 0 Å². The van der Waals surface area contributed by atoms with E-state index in [1.165, 1.54) is 0 Å². The fraction of sp³-hybridized carbons (Fsp3) is 0.333. The maximum absolute atomic E-state index is 8.48. The zero-order valence-corrected chi connectivity index (χ0v) is 8.01. The van der Waals surface area contributed by atoms with Gasteiger partial charge in [-0.2, -0.15) is 0 Å². The van der Waals surface area contributed by atoms with Crippen molar-refractivity contribution in [3.05, 3.63) is 34.9 Å². The molecular weight excluding hydrogens is 188 g/mol. The van der Waals surface area contributed by atoms with Crippen molar-refractivity contribution in [2.24, 2.45) is 0 Å². The largest absolute Gasteiger partial charge is 0.395 e. The van der Waals surface area contributed by atoms with Crippen LogP contribution >= 0.6 is 11.6 Å². The van der Waals surface area contributed by atoms with E-state index in [9.17, 15) is 0 Å². The molecule has 0 fully saturated rings. The van der Waals surface area contributed by atoms with Crippen LogP contribution < -0.4 is 10.9 Å². The summed E-state index contributed by atoms with van der Waals surface area (Å²) in [4.78, 5) is 0. The van der Waals surface area contributed by atoms with Gasteiger partial charge in [-0.25, -0.2) is 0 Å². The van der Waals surface area contributed by atoms with Gasteiger partial charge in [0.25, 0.3) is 0 Å². The summed E-state index contributed by atoms with van der Waals surface area (Å²) in [6, 6.07) is 7.61. The monoisotopic (exact) mass is 200 g/mol. The van der Waals surface area contributed by atoms with Gasteiger partial charge >= 0.3 is 0 Å². The molecule has 1 aromatic rings. The van der Waals surface area contributed by atoms with Crippen LogP contribution in [0.1, 0.15) is 5.56 Å². The number of hydrogen-bond acceptors (Lipinski definition) is 3. The van der Waals surface area contributed by atoms with E-state index in [4.69, 9.17) is 16.7 Å². The summed E-state index contributed by atoms with van der Waals surface area (Å²) in [5.74, 6) is 0. The number of aliphatic hydroxyl groups excluding tert-OH is 1. The molecule has 1 aromatic carbocycles. The summed E-state index contributed by atoms with van der Waals surface area (Å²) in [6.07, 6.45) is 0. The summed E-state index contributed by atoms with van der Waals surface area (Å²) in [5.41, 5.74) is 6.98. The lowest BCUT2D eigenvalue weighted by atomic mass is 10.2. The lowest BCUT2D eigenvalue weighted by Gasteiger charge is -2.05. The third kappa shape index (κ3) is 4.24. The van der Waals surface area contributed by atoms with Crippen molar-refractivity contribution in [3.63, 3.8) is 0 Å². The first kappa shape index (κ1) is 10.5. The number of benzene rings is 1. The average molecular weight is 201 g/mol. The van der Waals surface area contributed by atoms with Gasteiger partial charge < -0.3 is 5.11 Å². The zero-order valence-electron chi connectivity index (χ0n) is 7.26. The molecule has 0 atom stereocenters. The summed E-state index contributed by atoms with van der Waals surface area (Å²) in [6.45, 7) is 1.40. The third-order valence-electron chi connectivity index (χ3n) is 1.57. The molecule has 0 aromatic heterocycles. The Morgan fingerprint density at radius 3 is 2.46 bits per heavy atom. The SMILES string of the molecule is OCCNNCc1ccc(Cl)cc1. The van der Waals surface area contributed by atoms with Gasteiger partial charge in [0.05, 0.1) is 6.61 Å². The number of halogens is 1. The highest BCUT2D eigenvalue weighted by Gasteiger charge is 1.91. The molecule has 0 saturated carbocycles. The Morgan fingerprint density at radius 1 is 1.15 bits per heavy atom. The van der Waals surface area contributed by atoms with Gasteiger partial charge in [0.2, 0.25) is 0 Å². The van der Waals surface area contributed by atoms with Crippen molar-refractivity contribution in [1.82, 2.24) is 10.9 Å². The second kappa shape index (κ2) is 5.94. The van der Waals surface area contributed by atoms with E-state index in [2.05, 4.69) is 10.9 Å². The molecule has 0 aliphatic heterocycles. The number of rotatable bonds is 5. The molecule has 0 heterocycles. The average Bonchev–Trinajstić information content (AvgIpc) is 2.15. The molecular formula is C9H13ClN2O. The molecule has 0 aliphatic carbocycles. The maximum Gasteiger partial charge on any atom is 0.0569 e. The predicted molar refractivity (Wildman–Crippen MR) is 53.4 cm³/mol. The predicted octanol–water partition coefficient (Wildman–Crippen LogP) is 0.926. The molecule has 4 heteroatoms. The van der Waals surface area contributed by atoms with Crippen molar-refractivity contribution in [2.45, 2.75) is 6.54 Å². The highest BCUT2D eigenvalue weighted by Crippen LogP contribution is 2.08. The van der Waals surface area contributed by atoms with Gasteiger partial charge in [-0.05, 0) is 17.7 Å². The van der Waals surface area contributed by atoms with Gasteiger partial charge in [-0.3, -0.25) is 10.9 Å². The molecule has 3 N–H and O–H groups in total. The molecule has 3 nitrogen and oxygen atoms in total. The quantitative estimate of drug-likeness (QED) is 0.490. The van der Waals surface area contributed by atoms with E-state index in [0.29, 0.717) is 6.54 Å². The molecule has 0 saturated heterocycles. The Kier molecular flexibility index (Phi) is 4.78. The summed E-state index contributed by atoms with van der Waals surface area (Å²) in [7, 11) is 0. The second-order valence-corrected chi connectivity index (χ2v) is 3.07. The van der Waals surface area contributed by atoms with Crippen LogP contribution in [0.5, 0.6) is 0 Å². The first-order chi connectivity index (χ1) is 6.33. The lowest BCUT2D eigenvalue weighted by molar-refractivity contribution is 0.283. The molecule has 72 valence electrons. The second-order valence-electron chi connectivity index (χ2n) is 2.63. The minimum Gasteiger partial charge on any atom is -0.395 e. The molecule has 13 heavy (non-hydrogen) atoms. The molecule has 0 spiro atoms. The van der Waals surface area contributed by atoms with E-state index >= 15 is 0 Å². The van der Waals surface area contributed by atoms with Crippen LogP contribution in [0.4, 0.5) is 0 Å². The Balaban J connectivity index is 2.25. The van der Waals surface area contributed by atoms with Crippen molar-refractivity contribution in [1.29, 1.82) is 0 Å². The van der Waals surface area contributed by atoms with Crippen molar-refractivity contribution in [2.75, 3.05) is 13.2 Å². The van der Waals surface area contributed by atoms with E-state index < -0.39 is 0 Å². The molecule has 0 radical (unpaired) electrons. The van der Waals surface area contributed by atoms with Crippen LogP contribution in [0.2, 0.25) is 5.02 Å². The normalized spacial score (nSPS) is 10.3. The fourth-order valence-electron chi connectivity index (χ4n) is 0.911. The summed E-state index contributed by atoms with van der Waals surface area (Å²) < 4.78 is 0. The number of hydrogen-bond donors (Lipinski definition) is 3.